The highest BCUT2D eigenvalue weighted by Crippen LogP contribution is 2.49. The zero-order valence-electron chi connectivity index (χ0n) is 18.0. The third-order valence-electron chi connectivity index (χ3n) is 5.93. The minimum Gasteiger partial charge on any atom is -0.493 e. The number of aromatic carboxylic acids is 1. The first-order valence-electron chi connectivity index (χ1n) is 10.4. The summed E-state index contributed by atoms with van der Waals surface area (Å²) in [5.41, 5.74) is 2.86. The molecule has 0 amide bonds. The van der Waals surface area contributed by atoms with Gasteiger partial charge in [-0.15, -0.1) is 0 Å². The second-order valence-electron chi connectivity index (χ2n) is 7.73. The molecule has 5 rings (SSSR count). The van der Waals surface area contributed by atoms with Gasteiger partial charge >= 0.3 is 5.97 Å². The molecule has 2 aliphatic heterocycles. The van der Waals surface area contributed by atoms with E-state index in [9.17, 15) is 14.3 Å². The van der Waals surface area contributed by atoms with Gasteiger partial charge in [0.2, 0.25) is 6.23 Å². The van der Waals surface area contributed by atoms with Crippen LogP contribution in [0.3, 0.4) is 0 Å². The van der Waals surface area contributed by atoms with Crippen LogP contribution in [0.4, 0.5) is 4.39 Å². The van der Waals surface area contributed by atoms with E-state index in [1.165, 1.54) is 26.4 Å². The van der Waals surface area contributed by atoms with Crippen molar-refractivity contribution in [1.29, 1.82) is 0 Å². The number of rotatable bonds is 5. The molecule has 0 saturated heterocycles. The second kappa shape index (κ2) is 8.12. The number of benzene rings is 3. The van der Waals surface area contributed by atoms with E-state index in [1.807, 2.05) is 24.3 Å². The summed E-state index contributed by atoms with van der Waals surface area (Å²) in [5.74, 6) is -0.406. The number of para-hydroxylation sites is 1. The average Bonchev–Trinajstić information content (AvgIpc) is 3.28. The number of methoxy groups -OCH3 is 2. The largest absolute Gasteiger partial charge is 0.493 e. The fraction of sp³-hybridized carbons (Fsp3) is 0.200. The second-order valence-corrected chi connectivity index (χ2v) is 7.73. The highest BCUT2D eigenvalue weighted by Gasteiger charge is 2.43. The van der Waals surface area contributed by atoms with Crippen LogP contribution in [0.2, 0.25) is 0 Å². The fourth-order valence-electron chi connectivity index (χ4n) is 4.42. The smallest absolute Gasteiger partial charge is 0.340 e. The molecule has 0 radical (unpaired) electrons. The number of carboxylic acid groups (broad SMARTS) is 1. The predicted molar refractivity (Wildman–Crippen MR) is 118 cm³/mol. The van der Waals surface area contributed by atoms with Gasteiger partial charge in [-0.05, 0) is 35.9 Å². The van der Waals surface area contributed by atoms with E-state index < -0.39 is 12.2 Å². The highest BCUT2D eigenvalue weighted by molar-refractivity contribution is 6.02. The van der Waals surface area contributed by atoms with Crippen LogP contribution in [0.1, 0.15) is 45.7 Å². The lowest BCUT2D eigenvalue weighted by atomic mass is 9.95. The topological polar surface area (TPSA) is 80.6 Å². The number of carboxylic acids is 1. The van der Waals surface area contributed by atoms with Crippen LogP contribution in [0.25, 0.3) is 0 Å². The van der Waals surface area contributed by atoms with Crippen molar-refractivity contribution in [2.45, 2.75) is 18.7 Å². The number of carbonyl (C=O) groups is 1. The van der Waals surface area contributed by atoms with Crippen molar-refractivity contribution in [2.24, 2.45) is 5.10 Å². The minimum atomic E-state index is -1.17. The monoisotopic (exact) mass is 448 g/mol. The third kappa shape index (κ3) is 3.44. The molecule has 33 heavy (non-hydrogen) atoms. The van der Waals surface area contributed by atoms with Gasteiger partial charge in [0, 0.05) is 17.5 Å². The molecule has 0 bridgehead atoms. The van der Waals surface area contributed by atoms with E-state index in [0.717, 1.165) is 16.8 Å². The molecule has 2 atom stereocenters. The number of halogens is 1. The van der Waals surface area contributed by atoms with E-state index in [2.05, 4.69) is 0 Å². The van der Waals surface area contributed by atoms with Gasteiger partial charge in [-0.1, -0.05) is 30.3 Å². The summed E-state index contributed by atoms with van der Waals surface area (Å²) in [6.45, 7) is 0. The number of hydrazone groups is 1. The van der Waals surface area contributed by atoms with Gasteiger partial charge < -0.3 is 19.3 Å². The maximum absolute atomic E-state index is 13.5. The Labute approximate surface area is 189 Å². The van der Waals surface area contributed by atoms with Crippen LogP contribution < -0.4 is 14.2 Å². The normalized spacial score (nSPS) is 18.6. The van der Waals surface area contributed by atoms with Crippen molar-refractivity contribution in [2.75, 3.05) is 14.2 Å². The van der Waals surface area contributed by atoms with E-state index in [0.29, 0.717) is 23.5 Å². The first kappa shape index (κ1) is 20.8. The highest BCUT2D eigenvalue weighted by atomic mass is 19.1. The van der Waals surface area contributed by atoms with Crippen LogP contribution in [-0.4, -0.2) is 36.0 Å². The summed E-state index contributed by atoms with van der Waals surface area (Å²) in [4.78, 5) is 12.3. The molecule has 0 unspecified atom stereocenters. The van der Waals surface area contributed by atoms with Crippen molar-refractivity contribution in [3.63, 3.8) is 0 Å². The van der Waals surface area contributed by atoms with Gasteiger partial charge in [0.1, 0.15) is 17.1 Å². The molecule has 2 heterocycles. The number of fused-ring (bicyclic) bond motifs is 3. The maximum atomic E-state index is 13.5. The Morgan fingerprint density at radius 3 is 2.52 bits per heavy atom. The summed E-state index contributed by atoms with van der Waals surface area (Å²) < 4.78 is 30.4. The summed E-state index contributed by atoms with van der Waals surface area (Å²) in [7, 11) is 2.85. The lowest BCUT2D eigenvalue weighted by Gasteiger charge is -2.38. The van der Waals surface area contributed by atoms with Crippen molar-refractivity contribution in [1.82, 2.24) is 5.01 Å². The van der Waals surface area contributed by atoms with Crippen LogP contribution in [-0.2, 0) is 0 Å². The molecule has 1 N–H and O–H groups in total. The molecule has 3 aromatic carbocycles. The number of hydrogen-bond donors (Lipinski definition) is 1. The van der Waals surface area contributed by atoms with Gasteiger partial charge in [-0.25, -0.2) is 14.2 Å². The molecule has 8 heteroatoms. The van der Waals surface area contributed by atoms with Gasteiger partial charge in [0.05, 0.1) is 26.0 Å². The van der Waals surface area contributed by atoms with Crippen molar-refractivity contribution < 1.29 is 28.5 Å². The standard InChI is InChI=1S/C25H21FN2O5/c1-31-21-12-11-17(22(25(29)30)23(21)32-2)24-28-19(16-5-3-4-6-20(16)33-24)13-18(27-28)14-7-9-15(26)10-8-14/h3-12,19,24H,13H2,1-2H3,(H,29,30)/t19-,24-/m1/s1. The molecule has 2 aliphatic rings. The lowest BCUT2D eigenvalue weighted by Crippen LogP contribution is -2.34. The van der Waals surface area contributed by atoms with E-state index in [-0.39, 0.29) is 23.2 Å². The Morgan fingerprint density at radius 2 is 1.82 bits per heavy atom. The average molecular weight is 448 g/mol. The van der Waals surface area contributed by atoms with E-state index in [4.69, 9.17) is 19.3 Å². The molecule has 3 aromatic rings. The van der Waals surface area contributed by atoms with Gasteiger partial charge in [-0.3, -0.25) is 0 Å². The summed E-state index contributed by atoms with van der Waals surface area (Å²) >= 11 is 0. The zero-order valence-corrected chi connectivity index (χ0v) is 18.0. The molecule has 0 aromatic heterocycles. The zero-order chi connectivity index (χ0) is 23.1. The molecule has 7 nitrogen and oxygen atoms in total. The number of nitrogens with zero attached hydrogens (tertiary/aromatic N) is 2. The Balaban J connectivity index is 1.66. The quantitative estimate of drug-likeness (QED) is 0.605. The third-order valence-corrected chi connectivity index (χ3v) is 5.93. The lowest BCUT2D eigenvalue weighted by molar-refractivity contribution is -0.0199. The molecule has 0 saturated carbocycles. The van der Waals surface area contributed by atoms with Crippen molar-refractivity contribution in [3.05, 3.63) is 88.7 Å². The van der Waals surface area contributed by atoms with Gasteiger partial charge in [-0.2, -0.15) is 5.10 Å². The first-order valence-corrected chi connectivity index (χ1v) is 10.4. The van der Waals surface area contributed by atoms with Crippen LogP contribution in [0, 0.1) is 5.82 Å². The van der Waals surface area contributed by atoms with E-state index in [1.54, 1.807) is 29.3 Å². The van der Waals surface area contributed by atoms with Gasteiger partial charge in [0.15, 0.2) is 11.5 Å². The number of ether oxygens (including phenoxy) is 3. The minimum absolute atomic E-state index is 0.0505. The fourth-order valence-corrected chi connectivity index (χ4v) is 4.42. The summed E-state index contributed by atoms with van der Waals surface area (Å²) in [6.07, 6.45) is -0.244. The maximum Gasteiger partial charge on any atom is 0.340 e. The Hall–Kier alpha value is -4.07. The first-order chi connectivity index (χ1) is 16.0. The van der Waals surface area contributed by atoms with E-state index >= 15 is 0 Å². The Kier molecular flexibility index (Phi) is 5.12. The summed E-state index contributed by atoms with van der Waals surface area (Å²) in [6, 6.07) is 16.9. The molecule has 0 spiro atoms. The summed E-state index contributed by atoms with van der Waals surface area (Å²) in [5, 5.41) is 16.6. The molecule has 0 fully saturated rings. The van der Waals surface area contributed by atoms with Crippen molar-refractivity contribution in [3.8, 4) is 17.2 Å². The molecule has 0 aliphatic carbocycles. The Bertz CT molecular complexity index is 1260. The molecule has 168 valence electrons. The van der Waals surface area contributed by atoms with Crippen LogP contribution >= 0.6 is 0 Å². The van der Waals surface area contributed by atoms with Crippen molar-refractivity contribution >= 4 is 11.7 Å². The Morgan fingerprint density at radius 1 is 1.06 bits per heavy atom. The predicted octanol–water partition coefficient (Wildman–Crippen LogP) is 4.78. The van der Waals surface area contributed by atoms with Crippen LogP contribution in [0.5, 0.6) is 17.2 Å². The molecular formula is C25H21FN2O5. The number of hydrogen-bond acceptors (Lipinski definition) is 6. The molecular weight excluding hydrogens is 427 g/mol. The van der Waals surface area contributed by atoms with Gasteiger partial charge in [0.25, 0.3) is 0 Å². The SMILES string of the molecule is COc1ccc([C@H]2Oc3ccccc3[C@H]3CC(c4ccc(F)cc4)=NN32)c(C(=O)O)c1OC. The van der Waals surface area contributed by atoms with Crippen LogP contribution in [0.15, 0.2) is 65.8 Å².